The molecule has 1 atom stereocenters. The molecule has 1 saturated heterocycles. The topological polar surface area (TPSA) is 64.4 Å². The second-order valence-corrected chi connectivity index (χ2v) is 7.80. The van der Waals surface area contributed by atoms with Crippen LogP contribution in [0.3, 0.4) is 0 Å². The Kier molecular flexibility index (Phi) is 5.81. The monoisotopic (exact) mass is 341 g/mol. The van der Waals surface area contributed by atoms with Crippen LogP contribution < -0.4 is 0 Å². The standard InChI is InChI=1S/C15H20ClN3O2S/c1-2-11-22(20,21)19-9-7-18(8-10-19)15(12-17)13-5-3-4-6-14(13)16/h3-6,15H,2,7-11H2,1H3. The highest BCUT2D eigenvalue weighted by molar-refractivity contribution is 7.89. The Labute approximate surface area is 137 Å². The van der Waals surface area contributed by atoms with E-state index in [0.717, 1.165) is 5.56 Å². The summed E-state index contributed by atoms with van der Waals surface area (Å²) in [5.74, 6) is 0.180. The fourth-order valence-electron chi connectivity index (χ4n) is 2.67. The highest BCUT2D eigenvalue weighted by atomic mass is 35.5. The van der Waals surface area contributed by atoms with E-state index in [2.05, 4.69) is 6.07 Å². The van der Waals surface area contributed by atoms with E-state index in [9.17, 15) is 13.7 Å². The molecule has 0 radical (unpaired) electrons. The van der Waals surface area contributed by atoms with Gasteiger partial charge in [-0.1, -0.05) is 36.7 Å². The van der Waals surface area contributed by atoms with Crippen LogP contribution in [0.5, 0.6) is 0 Å². The van der Waals surface area contributed by atoms with Crippen molar-refractivity contribution < 1.29 is 8.42 Å². The van der Waals surface area contributed by atoms with Crippen LogP contribution >= 0.6 is 11.6 Å². The number of piperazine rings is 1. The number of hydrogen-bond acceptors (Lipinski definition) is 4. The van der Waals surface area contributed by atoms with Crippen molar-refractivity contribution in [2.45, 2.75) is 19.4 Å². The molecular formula is C15H20ClN3O2S. The maximum absolute atomic E-state index is 12.1. The Bertz CT molecular complexity index is 649. The molecule has 1 unspecified atom stereocenters. The Morgan fingerprint density at radius 3 is 2.45 bits per heavy atom. The molecular weight excluding hydrogens is 322 g/mol. The first kappa shape index (κ1) is 17.2. The predicted octanol–water partition coefficient (Wildman–Crippen LogP) is 2.26. The normalized spacial score (nSPS) is 18.8. The van der Waals surface area contributed by atoms with Gasteiger partial charge in [-0.3, -0.25) is 4.90 Å². The zero-order chi connectivity index (χ0) is 16.2. The fourth-order valence-corrected chi connectivity index (χ4v) is 4.40. The quantitative estimate of drug-likeness (QED) is 0.824. The van der Waals surface area contributed by atoms with Gasteiger partial charge in [0.1, 0.15) is 6.04 Å². The van der Waals surface area contributed by atoms with Gasteiger partial charge in [-0.15, -0.1) is 0 Å². The average Bonchev–Trinajstić information content (AvgIpc) is 2.50. The predicted molar refractivity (Wildman–Crippen MR) is 87.0 cm³/mol. The molecule has 1 aromatic carbocycles. The highest BCUT2D eigenvalue weighted by Crippen LogP contribution is 2.28. The summed E-state index contributed by atoms with van der Waals surface area (Å²) in [7, 11) is -3.16. The van der Waals surface area contributed by atoms with Crippen LogP contribution in [0.2, 0.25) is 5.02 Å². The van der Waals surface area contributed by atoms with Gasteiger partial charge in [0, 0.05) is 36.8 Å². The molecule has 1 fully saturated rings. The third-order valence-electron chi connectivity index (χ3n) is 3.82. The molecule has 7 heteroatoms. The SMILES string of the molecule is CCCS(=O)(=O)N1CCN(C(C#N)c2ccccc2Cl)CC1. The minimum Gasteiger partial charge on any atom is -0.282 e. The lowest BCUT2D eigenvalue weighted by Crippen LogP contribution is -2.50. The second-order valence-electron chi connectivity index (χ2n) is 5.30. The summed E-state index contributed by atoms with van der Waals surface area (Å²) in [5.41, 5.74) is 0.775. The molecule has 0 aromatic heterocycles. The number of nitriles is 1. The third-order valence-corrected chi connectivity index (χ3v) is 6.24. The van der Waals surface area contributed by atoms with E-state index in [0.29, 0.717) is 37.6 Å². The lowest BCUT2D eigenvalue weighted by atomic mass is 10.1. The molecule has 0 N–H and O–H groups in total. The Hall–Kier alpha value is -1.13. The summed E-state index contributed by atoms with van der Waals surface area (Å²) in [6.45, 7) is 3.77. The lowest BCUT2D eigenvalue weighted by molar-refractivity contribution is 0.162. The summed E-state index contributed by atoms with van der Waals surface area (Å²) in [6, 6.07) is 9.14. The fraction of sp³-hybridized carbons (Fsp3) is 0.533. The van der Waals surface area contributed by atoms with Gasteiger partial charge in [0.2, 0.25) is 10.0 Å². The number of nitrogens with zero attached hydrogens (tertiary/aromatic N) is 3. The third kappa shape index (κ3) is 3.79. The van der Waals surface area contributed by atoms with Crippen LogP contribution in [0.4, 0.5) is 0 Å². The number of benzene rings is 1. The Morgan fingerprint density at radius 1 is 1.27 bits per heavy atom. The maximum atomic E-state index is 12.1. The van der Waals surface area contributed by atoms with Gasteiger partial charge in [0.05, 0.1) is 11.8 Å². The molecule has 0 aliphatic carbocycles. The molecule has 120 valence electrons. The second kappa shape index (κ2) is 7.42. The average molecular weight is 342 g/mol. The molecule has 5 nitrogen and oxygen atoms in total. The van der Waals surface area contributed by atoms with Crippen LogP contribution in [-0.4, -0.2) is 49.6 Å². The van der Waals surface area contributed by atoms with Crippen molar-refractivity contribution in [3.05, 3.63) is 34.9 Å². The molecule has 22 heavy (non-hydrogen) atoms. The van der Waals surface area contributed by atoms with Crippen molar-refractivity contribution in [1.29, 1.82) is 5.26 Å². The molecule has 1 aliphatic rings. The molecule has 1 aromatic rings. The minimum absolute atomic E-state index is 0.180. The molecule has 0 saturated carbocycles. The smallest absolute Gasteiger partial charge is 0.214 e. The number of halogens is 1. The van der Waals surface area contributed by atoms with Crippen molar-refractivity contribution in [3.63, 3.8) is 0 Å². The lowest BCUT2D eigenvalue weighted by Gasteiger charge is -2.36. The summed E-state index contributed by atoms with van der Waals surface area (Å²) < 4.78 is 25.7. The van der Waals surface area contributed by atoms with Gasteiger partial charge >= 0.3 is 0 Å². The number of rotatable bonds is 5. The van der Waals surface area contributed by atoms with Crippen LogP contribution in [0.25, 0.3) is 0 Å². The van der Waals surface area contributed by atoms with E-state index in [1.807, 2.05) is 30.0 Å². The van der Waals surface area contributed by atoms with E-state index < -0.39 is 16.1 Å². The number of hydrogen-bond donors (Lipinski definition) is 0. The summed E-state index contributed by atoms with van der Waals surface area (Å²) in [5, 5.41) is 10.0. The molecule has 0 amide bonds. The largest absolute Gasteiger partial charge is 0.282 e. The Morgan fingerprint density at radius 2 is 1.91 bits per heavy atom. The summed E-state index contributed by atoms with van der Waals surface area (Å²) in [6.07, 6.45) is 0.614. The van der Waals surface area contributed by atoms with Crippen LogP contribution in [-0.2, 0) is 10.0 Å². The zero-order valence-corrected chi connectivity index (χ0v) is 14.1. The van der Waals surface area contributed by atoms with Crippen molar-refractivity contribution in [1.82, 2.24) is 9.21 Å². The molecule has 0 bridgehead atoms. The van der Waals surface area contributed by atoms with Gasteiger partial charge < -0.3 is 0 Å². The van der Waals surface area contributed by atoms with Crippen molar-refractivity contribution >= 4 is 21.6 Å². The van der Waals surface area contributed by atoms with E-state index in [4.69, 9.17) is 11.6 Å². The first-order chi connectivity index (χ1) is 10.5. The van der Waals surface area contributed by atoms with E-state index >= 15 is 0 Å². The zero-order valence-electron chi connectivity index (χ0n) is 12.6. The van der Waals surface area contributed by atoms with Crippen molar-refractivity contribution in [3.8, 4) is 6.07 Å². The minimum atomic E-state index is -3.16. The summed E-state index contributed by atoms with van der Waals surface area (Å²) >= 11 is 6.18. The van der Waals surface area contributed by atoms with Crippen molar-refractivity contribution in [2.75, 3.05) is 31.9 Å². The van der Waals surface area contributed by atoms with Crippen LogP contribution in [0.1, 0.15) is 24.9 Å². The van der Waals surface area contributed by atoms with Crippen LogP contribution in [0, 0.1) is 11.3 Å². The molecule has 1 heterocycles. The first-order valence-corrected chi connectivity index (χ1v) is 9.34. The first-order valence-electron chi connectivity index (χ1n) is 7.35. The Balaban J connectivity index is 2.08. The van der Waals surface area contributed by atoms with Gasteiger partial charge in [-0.05, 0) is 12.5 Å². The van der Waals surface area contributed by atoms with Gasteiger partial charge in [-0.25, -0.2) is 8.42 Å². The molecule has 1 aliphatic heterocycles. The van der Waals surface area contributed by atoms with Crippen molar-refractivity contribution in [2.24, 2.45) is 0 Å². The van der Waals surface area contributed by atoms with Crippen LogP contribution in [0.15, 0.2) is 24.3 Å². The maximum Gasteiger partial charge on any atom is 0.214 e. The molecule has 0 spiro atoms. The number of sulfonamides is 1. The van der Waals surface area contributed by atoms with Gasteiger partial charge in [-0.2, -0.15) is 9.57 Å². The van der Waals surface area contributed by atoms with E-state index in [1.54, 1.807) is 6.07 Å². The van der Waals surface area contributed by atoms with E-state index in [-0.39, 0.29) is 5.75 Å². The summed E-state index contributed by atoms with van der Waals surface area (Å²) in [4.78, 5) is 1.99. The highest BCUT2D eigenvalue weighted by Gasteiger charge is 2.30. The van der Waals surface area contributed by atoms with E-state index in [1.165, 1.54) is 4.31 Å². The van der Waals surface area contributed by atoms with Gasteiger partial charge in [0.25, 0.3) is 0 Å². The molecule has 2 rings (SSSR count). The van der Waals surface area contributed by atoms with Gasteiger partial charge in [0.15, 0.2) is 0 Å².